The Morgan fingerprint density at radius 3 is 2.62 bits per heavy atom. The summed E-state index contributed by atoms with van der Waals surface area (Å²) in [7, 11) is 0. The molecule has 24 heavy (non-hydrogen) atoms. The van der Waals surface area contributed by atoms with Crippen molar-refractivity contribution in [1.82, 2.24) is 5.32 Å². The van der Waals surface area contributed by atoms with Crippen LogP contribution in [0.3, 0.4) is 0 Å². The Labute approximate surface area is 155 Å². The van der Waals surface area contributed by atoms with Crippen molar-refractivity contribution in [2.45, 2.75) is 5.75 Å². The predicted octanol–water partition coefficient (Wildman–Crippen LogP) is 5.20. The van der Waals surface area contributed by atoms with Gasteiger partial charge in [0, 0.05) is 39.7 Å². The normalized spacial score (nSPS) is 11.0. The Balaban J connectivity index is 1.71. The Morgan fingerprint density at radius 1 is 1.12 bits per heavy atom. The second-order valence-electron chi connectivity index (χ2n) is 4.90. The van der Waals surface area contributed by atoms with Crippen LogP contribution in [-0.4, -0.2) is 18.2 Å². The standard InChI is InChI=1S/C18H16Cl2FNOS/c19-15-5-2-1-4-13(15)8-9-18(23)22-10-11-24-12-14-16(20)6-3-7-17(14)21/h1-9H,10-12H2,(H,22,23)/b9-8+. The van der Waals surface area contributed by atoms with E-state index < -0.39 is 0 Å². The van der Waals surface area contributed by atoms with E-state index in [2.05, 4.69) is 5.32 Å². The highest BCUT2D eigenvalue weighted by molar-refractivity contribution is 7.98. The number of thioether (sulfide) groups is 1. The minimum atomic E-state index is -0.304. The van der Waals surface area contributed by atoms with Crippen LogP contribution in [0.4, 0.5) is 4.39 Å². The molecule has 2 aromatic rings. The van der Waals surface area contributed by atoms with E-state index in [-0.39, 0.29) is 11.7 Å². The quantitative estimate of drug-likeness (QED) is 0.526. The lowest BCUT2D eigenvalue weighted by molar-refractivity contribution is -0.116. The van der Waals surface area contributed by atoms with E-state index in [9.17, 15) is 9.18 Å². The number of rotatable bonds is 7. The molecule has 0 atom stereocenters. The molecule has 126 valence electrons. The highest BCUT2D eigenvalue weighted by Gasteiger charge is 2.06. The first kappa shape index (κ1) is 18.8. The first-order chi connectivity index (χ1) is 11.6. The summed E-state index contributed by atoms with van der Waals surface area (Å²) in [4.78, 5) is 11.7. The zero-order valence-electron chi connectivity index (χ0n) is 12.8. The minimum absolute atomic E-state index is 0.195. The largest absolute Gasteiger partial charge is 0.352 e. The summed E-state index contributed by atoms with van der Waals surface area (Å²) in [6, 6.07) is 11.9. The minimum Gasteiger partial charge on any atom is -0.352 e. The molecular formula is C18H16Cl2FNOS. The second kappa shape index (κ2) is 9.72. The highest BCUT2D eigenvalue weighted by Crippen LogP contribution is 2.23. The van der Waals surface area contributed by atoms with Gasteiger partial charge in [-0.25, -0.2) is 4.39 Å². The molecule has 0 aliphatic rings. The van der Waals surface area contributed by atoms with Crippen LogP contribution in [0.1, 0.15) is 11.1 Å². The summed E-state index contributed by atoms with van der Waals surface area (Å²) >= 11 is 13.5. The van der Waals surface area contributed by atoms with Crippen LogP contribution < -0.4 is 5.32 Å². The van der Waals surface area contributed by atoms with Gasteiger partial charge in [0.2, 0.25) is 5.91 Å². The summed E-state index contributed by atoms with van der Waals surface area (Å²) in [5.41, 5.74) is 1.28. The van der Waals surface area contributed by atoms with Crippen LogP contribution in [0.15, 0.2) is 48.5 Å². The van der Waals surface area contributed by atoms with Gasteiger partial charge in [-0.2, -0.15) is 11.8 Å². The molecule has 2 aromatic carbocycles. The summed E-state index contributed by atoms with van der Waals surface area (Å²) in [6.45, 7) is 0.489. The zero-order chi connectivity index (χ0) is 17.4. The number of carbonyl (C=O) groups is 1. The van der Waals surface area contributed by atoms with Crippen molar-refractivity contribution >= 4 is 46.9 Å². The van der Waals surface area contributed by atoms with Crippen molar-refractivity contribution in [2.75, 3.05) is 12.3 Å². The summed E-state index contributed by atoms with van der Waals surface area (Å²) in [6.07, 6.45) is 3.11. The molecule has 0 radical (unpaired) electrons. The van der Waals surface area contributed by atoms with Crippen molar-refractivity contribution in [3.8, 4) is 0 Å². The van der Waals surface area contributed by atoms with E-state index in [1.165, 1.54) is 23.9 Å². The maximum absolute atomic E-state index is 13.6. The summed E-state index contributed by atoms with van der Waals surface area (Å²) < 4.78 is 13.6. The summed E-state index contributed by atoms with van der Waals surface area (Å²) in [5, 5.41) is 3.79. The Morgan fingerprint density at radius 2 is 1.88 bits per heavy atom. The van der Waals surface area contributed by atoms with Crippen molar-refractivity contribution in [1.29, 1.82) is 0 Å². The smallest absolute Gasteiger partial charge is 0.244 e. The molecule has 0 heterocycles. The van der Waals surface area contributed by atoms with Gasteiger partial charge in [0.05, 0.1) is 0 Å². The number of hydrogen-bond acceptors (Lipinski definition) is 2. The van der Waals surface area contributed by atoms with Crippen LogP contribution in [0.5, 0.6) is 0 Å². The SMILES string of the molecule is O=C(/C=C/c1ccccc1Cl)NCCSCc1c(F)cccc1Cl. The second-order valence-corrected chi connectivity index (χ2v) is 6.82. The molecule has 0 aromatic heterocycles. The Hall–Kier alpha value is -1.49. The third-order valence-electron chi connectivity index (χ3n) is 3.17. The van der Waals surface area contributed by atoms with Crippen LogP contribution >= 0.6 is 35.0 Å². The van der Waals surface area contributed by atoms with Gasteiger partial charge >= 0.3 is 0 Å². The van der Waals surface area contributed by atoms with E-state index in [1.54, 1.807) is 24.3 Å². The molecular weight excluding hydrogens is 368 g/mol. The maximum Gasteiger partial charge on any atom is 0.244 e. The molecule has 0 aliphatic heterocycles. The number of nitrogens with one attached hydrogen (secondary N) is 1. The number of benzene rings is 2. The van der Waals surface area contributed by atoms with Crippen molar-refractivity contribution in [3.63, 3.8) is 0 Å². The molecule has 0 saturated heterocycles. The number of carbonyl (C=O) groups excluding carboxylic acids is 1. The monoisotopic (exact) mass is 383 g/mol. The van der Waals surface area contributed by atoms with E-state index in [0.717, 1.165) is 5.56 Å². The molecule has 2 nitrogen and oxygen atoms in total. The number of hydrogen-bond donors (Lipinski definition) is 1. The average Bonchev–Trinajstić information content (AvgIpc) is 2.56. The molecule has 0 bridgehead atoms. The topological polar surface area (TPSA) is 29.1 Å². The Kier molecular flexibility index (Phi) is 7.63. The van der Waals surface area contributed by atoms with Gasteiger partial charge in [-0.05, 0) is 29.8 Å². The zero-order valence-corrected chi connectivity index (χ0v) is 15.1. The van der Waals surface area contributed by atoms with Crippen LogP contribution in [-0.2, 0) is 10.5 Å². The van der Waals surface area contributed by atoms with Crippen LogP contribution in [0, 0.1) is 5.82 Å². The first-order valence-electron chi connectivity index (χ1n) is 7.29. The maximum atomic E-state index is 13.6. The lowest BCUT2D eigenvalue weighted by atomic mass is 10.2. The van der Waals surface area contributed by atoms with E-state index in [1.807, 2.05) is 18.2 Å². The van der Waals surface area contributed by atoms with Gasteiger partial charge in [0.1, 0.15) is 5.82 Å². The average molecular weight is 384 g/mol. The fourth-order valence-electron chi connectivity index (χ4n) is 1.93. The summed E-state index contributed by atoms with van der Waals surface area (Å²) in [5.74, 6) is 0.633. The molecule has 0 aliphatic carbocycles. The van der Waals surface area contributed by atoms with Crippen LogP contribution in [0.2, 0.25) is 10.0 Å². The molecule has 0 spiro atoms. The third-order valence-corrected chi connectivity index (χ3v) is 4.86. The van der Waals surface area contributed by atoms with Gasteiger partial charge in [-0.1, -0.05) is 47.5 Å². The third kappa shape index (κ3) is 5.86. The van der Waals surface area contributed by atoms with E-state index >= 15 is 0 Å². The van der Waals surface area contributed by atoms with Gasteiger partial charge in [0.25, 0.3) is 0 Å². The lowest BCUT2D eigenvalue weighted by Gasteiger charge is -2.06. The fourth-order valence-corrected chi connectivity index (χ4v) is 3.32. The van der Waals surface area contributed by atoms with E-state index in [0.29, 0.717) is 33.7 Å². The molecule has 2 rings (SSSR count). The predicted molar refractivity (Wildman–Crippen MR) is 101 cm³/mol. The van der Waals surface area contributed by atoms with Gasteiger partial charge in [-0.15, -0.1) is 0 Å². The molecule has 0 fully saturated rings. The lowest BCUT2D eigenvalue weighted by Crippen LogP contribution is -2.23. The number of amides is 1. The molecule has 0 saturated carbocycles. The highest BCUT2D eigenvalue weighted by atomic mass is 35.5. The number of halogens is 3. The van der Waals surface area contributed by atoms with Crippen molar-refractivity contribution in [3.05, 3.63) is 75.5 Å². The molecule has 6 heteroatoms. The van der Waals surface area contributed by atoms with Crippen molar-refractivity contribution in [2.24, 2.45) is 0 Å². The van der Waals surface area contributed by atoms with Gasteiger partial charge < -0.3 is 5.32 Å². The molecule has 1 amide bonds. The Bertz CT molecular complexity index is 716. The first-order valence-corrected chi connectivity index (χ1v) is 9.20. The van der Waals surface area contributed by atoms with Gasteiger partial charge in [0.15, 0.2) is 0 Å². The molecule has 0 unspecified atom stereocenters. The van der Waals surface area contributed by atoms with Crippen LogP contribution in [0.25, 0.3) is 6.08 Å². The molecule has 1 N–H and O–H groups in total. The van der Waals surface area contributed by atoms with E-state index in [4.69, 9.17) is 23.2 Å². The van der Waals surface area contributed by atoms with Crippen molar-refractivity contribution < 1.29 is 9.18 Å². The van der Waals surface area contributed by atoms with Gasteiger partial charge in [-0.3, -0.25) is 4.79 Å². The fraction of sp³-hybridized carbons (Fsp3) is 0.167.